The Bertz CT molecular complexity index is 1190. The van der Waals surface area contributed by atoms with Crippen LogP contribution in [0.15, 0.2) is 30.6 Å². The van der Waals surface area contributed by atoms with Crippen molar-refractivity contribution in [1.29, 1.82) is 0 Å². The number of nitrogens with one attached hydrogen (secondary N) is 1. The van der Waals surface area contributed by atoms with Crippen molar-refractivity contribution < 1.29 is 13.6 Å². The third-order valence-corrected chi connectivity index (χ3v) is 6.73. The number of aryl methyl sites for hydroxylation is 1. The highest BCUT2D eigenvalue weighted by molar-refractivity contribution is 5.93. The van der Waals surface area contributed by atoms with Crippen molar-refractivity contribution in [2.75, 3.05) is 12.4 Å². The molecule has 1 fully saturated rings. The van der Waals surface area contributed by atoms with Crippen LogP contribution in [0.1, 0.15) is 35.1 Å². The molecule has 1 N–H and O–H groups in total. The van der Waals surface area contributed by atoms with Crippen LogP contribution in [0.5, 0.6) is 0 Å². The van der Waals surface area contributed by atoms with E-state index < -0.39 is 5.92 Å². The number of fused-ring (bicyclic) bond motifs is 2. The van der Waals surface area contributed by atoms with Crippen LogP contribution in [0.3, 0.4) is 0 Å². The number of hydrogen-bond acceptors (Lipinski definition) is 3. The Morgan fingerprint density at radius 3 is 2.77 bits per heavy atom. The van der Waals surface area contributed by atoms with Gasteiger partial charge in [0.2, 0.25) is 11.8 Å². The quantitative estimate of drug-likeness (QED) is 0.644. The van der Waals surface area contributed by atoms with Crippen molar-refractivity contribution in [2.45, 2.75) is 52.1 Å². The van der Waals surface area contributed by atoms with Crippen LogP contribution in [0.4, 0.5) is 20.3 Å². The summed E-state index contributed by atoms with van der Waals surface area (Å²) < 4.78 is 28.5. The van der Waals surface area contributed by atoms with E-state index in [0.717, 1.165) is 39.1 Å². The van der Waals surface area contributed by atoms with Crippen molar-refractivity contribution in [3.05, 3.63) is 52.8 Å². The van der Waals surface area contributed by atoms with Crippen molar-refractivity contribution in [1.82, 2.24) is 14.5 Å². The van der Waals surface area contributed by atoms with Gasteiger partial charge in [0.15, 0.2) is 0 Å². The second-order valence-corrected chi connectivity index (χ2v) is 9.07. The van der Waals surface area contributed by atoms with E-state index in [1.165, 1.54) is 5.56 Å². The minimum Gasteiger partial charge on any atom is -0.347 e. The highest BCUT2D eigenvalue weighted by atomic mass is 19.3. The maximum atomic E-state index is 13.2. The summed E-state index contributed by atoms with van der Waals surface area (Å²) in [5.41, 5.74) is 6.42. The Hall–Kier alpha value is -2.96. The van der Waals surface area contributed by atoms with Gasteiger partial charge in [0.1, 0.15) is 5.82 Å². The van der Waals surface area contributed by atoms with Gasteiger partial charge in [0.25, 0.3) is 0 Å². The first-order chi connectivity index (χ1) is 14.7. The minimum absolute atomic E-state index is 0.0102. The van der Waals surface area contributed by atoms with Crippen LogP contribution in [0, 0.1) is 19.8 Å². The Morgan fingerprint density at radius 2 is 2.03 bits per heavy atom. The number of halogens is 2. The predicted octanol–water partition coefficient (Wildman–Crippen LogP) is 4.96. The fourth-order valence-corrected chi connectivity index (χ4v) is 5.01. The number of carbonyl (C=O) groups excluding carboxylic acids is 1. The van der Waals surface area contributed by atoms with E-state index in [-0.39, 0.29) is 24.7 Å². The highest BCUT2D eigenvalue weighted by Gasteiger charge is 2.45. The summed E-state index contributed by atoms with van der Waals surface area (Å²) in [6.07, 6.45) is 4.04. The Kier molecular flexibility index (Phi) is 4.53. The maximum Gasteiger partial charge on any atom is 0.248 e. The molecular formula is C24H26F2N4O. The molecule has 2 aliphatic rings. The summed E-state index contributed by atoms with van der Waals surface area (Å²) in [6, 6.07) is 6.07. The van der Waals surface area contributed by atoms with Crippen LogP contribution >= 0.6 is 0 Å². The van der Waals surface area contributed by atoms with Gasteiger partial charge in [-0.15, -0.1) is 0 Å². The lowest BCUT2D eigenvalue weighted by Gasteiger charge is -2.35. The lowest BCUT2D eigenvalue weighted by atomic mass is 9.81. The third-order valence-electron chi connectivity index (χ3n) is 6.73. The van der Waals surface area contributed by atoms with E-state index in [1.54, 1.807) is 11.1 Å². The molecule has 1 saturated carbocycles. The summed E-state index contributed by atoms with van der Waals surface area (Å²) in [5.74, 6) is -1.62. The monoisotopic (exact) mass is 424 g/mol. The van der Waals surface area contributed by atoms with Gasteiger partial charge in [0, 0.05) is 56.4 Å². The van der Waals surface area contributed by atoms with Crippen LogP contribution < -0.4 is 5.32 Å². The maximum absolute atomic E-state index is 13.2. The topological polar surface area (TPSA) is 50.2 Å². The molecule has 5 rings (SSSR count). The predicted molar refractivity (Wildman–Crippen MR) is 117 cm³/mol. The average Bonchev–Trinajstić information content (AvgIpc) is 3.09. The first-order valence-corrected chi connectivity index (χ1v) is 10.7. The van der Waals surface area contributed by atoms with E-state index >= 15 is 0 Å². The number of anilines is 2. The number of aromatic nitrogens is 2. The molecule has 0 bridgehead atoms. The molecule has 0 spiro atoms. The first-order valence-electron chi connectivity index (χ1n) is 10.7. The number of carbonyl (C=O) groups is 1. The van der Waals surface area contributed by atoms with Gasteiger partial charge < -0.3 is 14.8 Å². The van der Waals surface area contributed by atoms with Crippen molar-refractivity contribution in [3.63, 3.8) is 0 Å². The fraction of sp³-hybridized carbons (Fsp3) is 0.417. The van der Waals surface area contributed by atoms with Gasteiger partial charge >= 0.3 is 0 Å². The number of hydrogen-bond donors (Lipinski definition) is 1. The number of amides is 1. The van der Waals surface area contributed by atoms with Crippen molar-refractivity contribution in [2.24, 2.45) is 5.92 Å². The van der Waals surface area contributed by atoms with E-state index in [9.17, 15) is 13.6 Å². The second kappa shape index (κ2) is 7.04. The van der Waals surface area contributed by atoms with Crippen LogP contribution in [-0.2, 0) is 24.3 Å². The number of likely N-dealkylation sites (N-methyl/N-ethyl adjacent to an activating group) is 1. The summed E-state index contributed by atoms with van der Waals surface area (Å²) in [5, 5.41) is 4.46. The first kappa shape index (κ1) is 20.0. The normalized spacial score (nSPS) is 18.2. The minimum atomic E-state index is -2.50. The van der Waals surface area contributed by atoms with Gasteiger partial charge in [-0.05, 0) is 54.2 Å². The average molecular weight is 424 g/mol. The van der Waals surface area contributed by atoms with E-state index in [4.69, 9.17) is 0 Å². The Labute approximate surface area is 180 Å². The van der Waals surface area contributed by atoms with E-state index in [0.29, 0.717) is 19.5 Å². The Morgan fingerprint density at radius 1 is 1.26 bits per heavy atom. The van der Waals surface area contributed by atoms with Crippen LogP contribution in [0.2, 0.25) is 0 Å². The number of benzene rings is 1. The largest absolute Gasteiger partial charge is 0.347 e. The van der Waals surface area contributed by atoms with Gasteiger partial charge in [-0.25, -0.2) is 13.8 Å². The number of nitrogens with zero attached hydrogens (tertiary/aromatic N) is 3. The zero-order chi connectivity index (χ0) is 21.9. The molecule has 3 heterocycles. The molecular weight excluding hydrogens is 398 g/mol. The van der Waals surface area contributed by atoms with Crippen molar-refractivity contribution >= 4 is 28.3 Å². The highest BCUT2D eigenvalue weighted by Crippen LogP contribution is 2.43. The molecule has 3 aromatic rings. The summed E-state index contributed by atoms with van der Waals surface area (Å²) in [4.78, 5) is 18.6. The molecule has 0 unspecified atom stereocenters. The molecule has 2 aromatic heterocycles. The van der Waals surface area contributed by atoms with E-state index in [1.807, 2.05) is 29.9 Å². The molecule has 0 saturated heterocycles. The Balaban J connectivity index is 1.46. The van der Waals surface area contributed by atoms with Gasteiger partial charge in [0.05, 0.1) is 11.9 Å². The molecule has 7 heteroatoms. The number of rotatable bonds is 4. The van der Waals surface area contributed by atoms with Gasteiger partial charge in [-0.2, -0.15) is 0 Å². The molecule has 5 nitrogen and oxygen atoms in total. The summed E-state index contributed by atoms with van der Waals surface area (Å²) in [7, 11) is 1.84. The lowest BCUT2D eigenvalue weighted by Crippen LogP contribution is -2.37. The zero-order valence-electron chi connectivity index (χ0n) is 18.0. The number of alkyl halides is 2. The van der Waals surface area contributed by atoms with Crippen LogP contribution in [-0.4, -0.2) is 33.3 Å². The standard InChI is InChI=1S/C24H26F2N4O/c1-14-8-17-13-29(3)21(31)9-19(17)15(2)22(14)28-23-18-5-7-30(20(18)4-6-27-23)12-16-10-24(25,26)11-16/h4-8,16H,9-13H2,1-3H3,(H,27,28). The third kappa shape index (κ3) is 3.46. The molecule has 162 valence electrons. The molecule has 1 aromatic carbocycles. The second-order valence-electron chi connectivity index (χ2n) is 9.07. The van der Waals surface area contributed by atoms with Crippen LogP contribution in [0.25, 0.3) is 10.9 Å². The zero-order valence-corrected chi connectivity index (χ0v) is 18.0. The molecule has 1 aliphatic carbocycles. The summed E-state index contributed by atoms with van der Waals surface area (Å²) >= 11 is 0. The number of pyridine rings is 1. The van der Waals surface area contributed by atoms with Gasteiger partial charge in [-0.1, -0.05) is 6.07 Å². The van der Waals surface area contributed by atoms with E-state index in [2.05, 4.69) is 30.2 Å². The molecule has 0 radical (unpaired) electrons. The molecule has 1 aliphatic heterocycles. The lowest BCUT2D eigenvalue weighted by molar-refractivity contribution is -0.130. The molecule has 1 amide bonds. The van der Waals surface area contributed by atoms with Crippen molar-refractivity contribution in [3.8, 4) is 0 Å². The smallest absolute Gasteiger partial charge is 0.248 e. The van der Waals surface area contributed by atoms with Gasteiger partial charge in [-0.3, -0.25) is 4.79 Å². The summed E-state index contributed by atoms with van der Waals surface area (Å²) in [6.45, 7) is 5.34. The molecule has 31 heavy (non-hydrogen) atoms. The fourth-order valence-electron chi connectivity index (χ4n) is 5.01. The molecule has 0 atom stereocenters. The SMILES string of the molecule is Cc1cc2c(c(C)c1Nc1nccc3c1ccn3CC1CC(F)(F)C1)CC(=O)N(C)C2.